The second-order valence-corrected chi connectivity index (χ2v) is 9.04. The zero-order valence-corrected chi connectivity index (χ0v) is 16.5. The smallest absolute Gasteiger partial charge is 0.434 e. The highest BCUT2D eigenvalue weighted by Gasteiger charge is 2.75. The van der Waals surface area contributed by atoms with E-state index in [2.05, 4.69) is 4.74 Å². The highest BCUT2D eigenvalue weighted by Crippen LogP contribution is 2.65. The van der Waals surface area contributed by atoms with Crippen LogP contribution in [0.25, 0.3) is 0 Å². The van der Waals surface area contributed by atoms with Gasteiger partial charge in [-0.2, -0.15) is 26.3 Å². The van der Waals surface area contributed by atoms with Gasteiger partial charge in [-0.1, -0.05) is 20.8 Å². The maximum atomic E-state index is 12.8. The fourth-order valence-electron chi connectivity index (χ4n) is 4.94. The molecule has 5 nitrogen and oxygen atoms in total. The first kappa shape index (κ1) is 22.9. The Bertz CT molecular complexity index is 743. The van der Waals surface area contributed by atoms with E-state index in [1.54, 1.807) is 13.8 Å². The van der Waals surface area contributed by atoms with E-state index in [1.165, 1.54) is 0 Å². The summed E-state index contributed by atoms with van der Waals surface area (Å²) in [5.41, 5.74) is -2.79. The maximum absolute atomic E-state index is 12.8. The fourth-order valence-corrected chi connectivity index (χ4v) is 4.94. The van der Waals surface area contributed by atoms with E-state index < -0.39 is 65.1 Å². The molecule has 1 saturated heterocycles. The summed E-state index contributed by atoms with van der Waals surface area (Å²) in [4.78, 5) is 37.5. The number of hydrogen-bond acceptors (Lipinski definition) is 5. The van der Waals surface area contributed by atoms with Gasteiger partial charge in [-0.05, 0) is 25.2 Å². The van der Waals surface area contributed by atoms with Crippen molar-refractivity contribution in [2.75, 3.05) is 0 Å². The van der Waals surface area contributed by atoms with Gasteiger partial charge in [-0.15, -0.1) is 0 Å². The molecule has 5 atom stereocenters. The van der Waals surface area contributed by atoms with Crippen LogP contribution in [-0.2, 0) is 23.9 Å². The van der Waals surface area contributed by atoms with Crippen LogP contribution in [0.3, 0.4) is 0 Å². The van der Waals surface area contributed by atoms with Crippen molar-refractivity contribution in [1.82, 2.24) is 0 Å². The number of fused-ring (bicyclic) bond motifs is 1. The zero-order valence-electron chi connectivity index (χ0n) is 16.5. The van der Waals surface area contributed by atoms with Crippen LogP contribution in [0.1, 0.15) is 46.5 Å². The van der Waals surface area contributed by atoms with Gasteiger partial charge in [-0.25, -0.2) is 0 Å². The number of esters is 2. The molecule has 3 rings (SSSR count). The molecule has 2 saturated carbocycles. The number of ketones is 1. The Balaban J connectivity index is 1.81. The standard InChI is InChI=1S/C19H22F6O5/c1-4-16(2,3)11(26)6-9-8-5-10-12(9)29-14(27)17(10,7-8)15(28)30-13(18(20,21)22)19(23,24)25/h8-10,12-13H,4-7H2,1-3H3. The predicted molar refractivity (Wildman–Crippen MR) is 87.7 cm³/mol. The first-order valence-electron chi connectivity index (χ1n) is 9.64. The average Bonchev–Trinajstić information content (AvgIpc) is 3.19. The highest BCUT2D eigenvalue weighted by atomic mass is 19.4. The SMILES string of the molecule is CCC(C)(C)C(=O)CC1C2CC3C1OC(=O)C3(C(=O)OC(C(F)(F)F)C(F)(F)F)C2. The Morgan fingerprint density at radius 1 is 1.17 bits per heavy atom. The molecule has 0 aromatic rings. The van der Waals surface area contributed by atoms with E-state index in [-0.39, 0.29) is 25.0 Å². The Morgan fingerprint density at radius 2 is 1.73 bits per heavy atom. The minimum atomic E-state index is -5.87. The number of Topliss-reactive ketones (excluding diaryl/α,β-unsaturated/α-hetero) is 1. The molecule has 0 radical (unpaired) electrons. The molecule has 0 spiro atoms. The summed E-state index contributed by atoms with van der Waals surface area (Å²) in [5.74, 6) is -4.81. The number of ether oxygens (including phenoxy) is 2. The van der Waals surface area contributed by atoms with E-state index >= 15 is 0 Å². The first-order valence-corrected chi connectivity index (χ1v) is 9.64. The van der Waals surface area contributed by atoms with E-state index in [9.17, 15) is 40.7 Å². The van der Waals surface area contributed by atoms with E-state index in [1.807, 2.05) is 6.92 Å². The summed E-state index contributed by atoms with van der Waals surface area (Å²) in [6, 6.07) is 0. The largest absolute Gasteiger partial charge is 0.461 e. The van der Waals surface area contributed by atoms with Crippen LogP contribution in [-0.4, -0.2) is 42.3 Å². The molecular formula is C19H22F6O5. The van der Waals surface area contributed by atoms with Crippen molar-refractivity contribution in [2.45, 2.75) is 71.0 Å². The molecule has 30 heavy (non-hydrogen) atoms. The second kappa shape index (κ2) is 6.85. The van der Waals surface area contributed by atoms with Crippen molar-refractivity contribution in [2.24, 2.45) is 28.6 Å². The number of carbonyl (C=O) groups is 3. The molecule has 1 aliphatic heterocycles. The van der Waals surface area contributed by atoms with E-state index in [0.29, 0.717) is 6.42 Å². The van der Waals surface area contributed by atoms with E-state index in [4.69, 9.17) is 4.74 Å². The van der Waals surface area contributed by atoms with Gasteiger partial charge in [0, 0.05) is 23.7 Å². The van der Waals surface area contributed by atoms with Crippen molar-refractivity contribution in [3.63, 3.8) is 0 Å². The third kappa shape index (κ3) is 3.37. The summed E-state index contributed by atoms with van der Waals surface area (Å²) in [5, 5.41) is 0. The Kier molecular flexibility index (Phi) is 5.22. The zero-order chi connectivity index (χ0) is 22.9. The molecule has 2 bridgehead atoms. The molecule has 0 aromatic carbocycles. The van der Waals surface area contributed by atoms with Crippen molar-refractivity contribution in [1.29, 1.82) is 0 Å². The number of carbonyl (C=O) groups excluding carboxylic acids is 3. The normalized spacial score (nSPS) is 33.2. The van der Waals surface area contributed by atoms with Gasteiger partial charge in [0.05, 0.1) is 0 Å². The van der Waals surface area contributed by atoms with Gasteiger partial charge in [0.2, 0.25) is 0 Å². The number of halogens is 6. The van der Waals surface area contributed by atoms with Gasteiger partial charge in [0.25, 0.3) is 6.10 Å². The van der Waals surface area contributed by atoms with Gasteiger partial charge >= 0.3 is 24.3 Å². The summed E-state index contributed by atoms with van der Waals surface area (Å²) in [7, 11) is 0. The Morgan fingerprint density at radius 3 is 2.23 bits per heavy atom. The van der Waals surface area contributed by atoms with Crippen molar-refractivity contribution >= 4 is 17.7 Å². The minimum absolute atomic E-state index is 0.0683. The first-order chi connectivity index (χ1) is 13.6. The minimum Gasteiger partial charge on any atom is -0.461 e. The molecule has 5 unspecified atom stereocenters. The topological polar surface area (TPSA) is 69.7 Å². The van der Waals surface area contributed by atoms with Gasteiger partial charge in [0.1, 0.15) is 11.9 Å². The number of rotatable bonds is 6. The molecule has 11 heteroatoms. The molecular weight excluding hydrogens is 422 g/mol. The third-order valence-electron chi connectivity index (χ3n) is 7.05. The molecule has 0 amide bonds. The molecule has 3 aliphatic rings. The third-order valence-corrected chi connectivity index (χ3v) is 7.05. The quantitative estimate of drug-likeness (QED) is 0.352. The fraction of sp³-hybridized carbons (Fsp3) is 0.842. The maximum Gasteiger partial charge on any atom is 0.434 e. The summed E-state index contributed by atoms with van der Waals surface area (Å²) >= 11 is 0. The predicted octanol–water partition coefficient (Wildman–Crippen LogP) is 3.99. The molecule has 1 heterocycles. The van der Waals surface area contributed by atoms with Crippen LogP contribution in [0.5, 0.6) is 0 Å². The summed E-state index contributed by atoms with van der Waals surface area (Å²) in [6.45, 7) is 5.37. The molecule has 3 fully saturated rings. The monoisotopic (exact) mass is 444 g/mol. The highest BCUT2D eigenvalue weighted by molar-refractivity contribution is 6.03. The van der Waals surface area contributed by atoms with Gasteiger partial charge in [-0.3, -0.25) is 14.4 Å². The van der Waals surface area contributed by atoms with Crippen LogP contribution in [0, 0.1) is 28.6 Å². The number of alkyl halides is 6. The molecule has 170 valence electrons. The molecule has 2 aliphatic carbocycles. The lowest BCUT2D eigenvalue weighted by Gasteiger charge is -2.33. The molecule has 0 N–H and O–H groups in total. The Labute approximate surface area is 168 Å². The van der Waals surface area contributed by atoms with Crippen LogP contribution in [0.2, 0.25) is 0 Å². The van der Waals surface area contributed by atoms with Crippen LogP contribution in [0.4, 0.5) is 26.3 Å². The van der Waals surface area contributed by atoms with Crippen LogP contribution < -0.4 is 0 Å². The van der Waals surface area contributed by atoms with Gasteiger partial charge in [0.15, 0.2) is 5.41 Å². The van der Waals surface area contributed by atoms with Gasteiger partial charge < -0.3 is 9.47 Å². The van der Waals surface area contributed by atoms with Crippen molar-refractivity contribution in [3.05, 3.63) is 0 Å². The Hall–Kier alpha value is -1.81. The lowest BCUT2D eigenvalue weighted by atomic mass is 9.68. The second-order valence-electron chi connectivity index (χ2n) is 9.04. The number of hydrogen-bond donors (Lipinski definition) is 0. The lowest BCUT2D eigenvalue weighted by molar-refractivity contribution is -0.315. The summed E-state index contributed by atoms with van der Waals surface area (Å²) < 4.78 is 85.8. The average molecular weight is 444 g/mol. The van der Waals surface area contributed by atoms with Crippen LogP contribution >= 0.6 is 0 Å². The van der Waals surface area contributed by atoms with Crippen molar-refractivity contribution < 1.29 is 50.2 Å². The van der Waals surface area contributed by atoms with Crippen LogP contribution in [0.15, 0.2) is 0 Å². The summed E-state index contributed by atoms with van der Waals surface area (Å²) in [6.07, 6.45) is -16.4. The van der Waals surface area contributed by atoms with E-state index in [0.717, 1.165) is 0 Å². The molecule has 0 aromatic heterocycles. The van der Waals surface area contributed by atoms with Crippen molar-refractivity contribution in [3.8, 4) is 0 Å². The lowest BCUT2D eigenvalue weighted by Crippen LogP contribution is -2.51.